The van der Waals surface area contributed by atoms with Gasteiger partial charge in [0.2, 0.25) is 0 Å². The zero-order chi connectivity index (χ0) is 27.0. The van der Waals surface area contributed by atoms with Crippen LogP contribution >= 0.6 is 11.3 Å². The molecule has 0 spiro atoms. The number of hydrogen-bond donors (Lipinski definition) is 3. The number of halogens is 3. The van der Waals surface area contributed by atoms with Gasteiger partial charge in [0.1, 0.15) is 6.04 Å². The second kappa shape index (κ2) is 9.85. The highest BCUT2D eigenvalue weighted by atomic mass is 32.1. The average Bonchev–Trinajstić information content (AvgIpc) is 3.23. The Morgan fingerprint density at radius 2 is 1.51 bits per heavy atom. The lowest BCUT2D eigenvalue weighted by molar-refractivity contribution is -0.142. The Bertz CT molecular complexity index is 1440. The van der Waals surface area contributed by atoms with E-state index < -0.39 is 35.1 Å². The van der Waals surface area contributed by atoms with Crippen molar-refractivity contribution in [2.45, 2.75) is 33.0 Å². The Kier molecular flexibility index (Phi) is 6.96. The smallest absolute Gasteiger partial charge is 0.416 e. The fourth-order valence-corrected chi connectivity index (χ4v) is 4.63. The molecule has 10 heteroatoms. The summed E-state index contributed by atoms with van der Waals surface area (Å²) in [4.78, 5) is 28.4. The number of rotatable bonds is 6. The van der Waals surface area contributed by atoms with Crippen LogP contribution in [-0.4, -0.2) is 28.0 Å². The average molecular weight is 528 g/mol. The first kappa shape index (κ1) is 26.2. The van der Waals surface area contributed by atoms with Crippen LogP contribution < -0.4 is 10.6 Å². The second-order valence-corrected chi connectivity index (χ2v) is 10.6. The van der Waals surface area contributed by atoms with Crippen LogP contribution in [0.1, 0.15) is 36.7 Å². The molecule has 6 nitrogen and oxygen atoms in total. The molecule has 0 aliphatic heterocycles. The minimum Gasteiger partial charge on any atom is -0.480 e. The van der Waals surface area contributed by atoms with Gasteiger partial charge in [-0.15, -0.1) is 0 Å². The van der Waals surface area contributed by atoms with E-state index in [0.29, 0.717) is 20.9 Å². The zero-order valence-corrected chi connectivity index (χ0v) is 21.0. The number of fused-ring (bicyclic) bond motifs is 1. The number of carbonyl (C=O) groups is 2. The molecule has 4 rings (SSSR count). The largest absolute Gasteiger partial charge is 0.480 e. The van der Waals surface area contributed by atoms with Gasteiger partial charge in [0.25, 0.3) is 5.91 Å². The summed E-state index contributed by atoms with van der Waals surface area (Å²) < 4.78 is 39.3. The number of aliphatic carboxylic acids is 1. The van der Waals surface area contributed by atoms with Gasteiger partial charge in [0.15, 0.2) is 5.13 Å². The Labute approximate surface area is 215 Å². The van der Waals surface area contributed by atoms with E-state index in [0.717, 1.165) is 40.3 Å². The predicted molar refractivity (Wildman–Crippen MR) is 138 cm³/mol. The molecular weight excluding hydrogens is 503 g/mol. The van der Waals surface area contributed by atoms with E-state index in [1.165, 1.54) is 6.07 Å². The van der Waals surface area contributed by atoms with E-state index in [9.17, 15) is 27.9 Å². The number of nitrogens with zero attached hydrogens (tertiary/aromatic N) is 1. The van der Waals surface area contributed by atoms with Crippen LogP contribution in [0.5, 0.6) is 0 Å². The second-order valence-electron chi connectivity index (χ2n) is 9.59. The molecule has 0 aliphatic carbocycles. The number of carboxylic acid groups (broad SMARTS) is 1. The summed E-state index contributed by atoms with van der Waals surface area (Å²) in [7, 11) is 0. The fourth-order valence-electron chi connectivity index (χ4n) is 3.70. The molecule has 37 heavy (non-hydrogen) atoms. The Balaban J connectivity index is 1.44. The van der Waals surface area contributed by atoms with Crippen LogP contribution in [0.3, 0.4) is 0 Å². The molecule has 1 atom stereocenters. The molecular formula is C27H24F3N3O3S. The van der Waals surface area contributed by atoms with Gasteiger partial charge < -0.3 is 15.7 Å². The summed E-state index contributed by atoms with van der Waals surface area (Å²) >= 11 is 1.14. The zero-order valence-electron chi connectivity index (χ0n) is 20.2. The van der Waals surface area contributed by atoms with Gasteiger partial charge in [0, 0.05) is 11.3 Å². The summed E-state index contributed by atoms with van der Waals surface area (Å²) in [6, 6.07) is 16.6. The minimum absolute atomic E-state index is 0.349. The molecule has 3 N–H and O–H groups in total. The number of benzene rings is 3. The molecule has 192 valence electrons. The van der Waals surface area contributed by atoms with Crippen LogP contribution in [-0.2, 0) is 11.0 Å². The first-order valence-corrected chi connectivity index (χ1v) is 12.1. The van der Waals surface area contributed by atoms with Crippen molar-refractivity contribution in [3.8, 4) is 11.1 Å². The van der Waals surface area contributed by atoms with Gasteiger partial charge in [0.05, 0.1) is 15.8 Å². The van der Waals surface area contributed by atoms with Crippen LogP contribution in [0.4, 0.5) is 24.0 Å². The Morgan fingerprint density at radius 1 is 0.919 bits per heavy atom. The molecule has 1 aromatic heterocycles. The highest BCUT2D eigenvalue weighted by molar-refractivity contribution is 7.22. The number of carbonyl (C=O) groups excluding carboxylic acids is 1. The van der Waals surface area contributed by atoms with Crippen LogP contribution in [0.15, 0.2) is 66.7 Å². The summed E-state index contributed by atoms with van der Waals surface area (Å²) in [5.41, 5.74) is 1.94. The molecule has 0 unspecified atom stereocenters. The molecule has 1 amide bonds. The van der Waals surface area contributed by atoms with Crippen molar-refractivity contribution in [3.63, 3.8) is 0 Å². The van der Waals surface area contributed by atoms with Crippen LogP contribution in [0.2, 0.25) is 0 Å². The van der Waals surface area contributed by atoms with Crippen molar-refractivity contribution in [2.24, 2.45) is 5.41 Å². The van der Waals surface area contributed by atoms with Gasteiger partial charge in [-0.1, -0.05) is 56.4 Å². The number of hydrogen-bond acceptors (Lipinski definition) is 5. The lowest BCUT2D eigenvalue weighted by atomic mass is 9.86. The third-order valence-electron chi connectivity index (χ3n) is 5.72. The molecule has 0 saturated carbocycles. The molecule has 0 radical (unpaired) electrons. The van der Waals surface area contributed by atoms with Crippen molar-refractivity contribution in [1.29, 1.82) is 0 Å². The van der Waals surface area contributed by atoms with E-state index in [-0.39, 0.29) is 0 Å². The van der Waals surface area contributed by atoms with Gasteiger partial charge in [-0.2, -0.15) is 13.2 Å². The molecule has 1 heterocycles. The monoisotopic (exact) mass is 527 g/mol. The third-order valence-corrected chi connectivity index (χ3v) is 6.65. The maximum atomic E-state index is 13.0. The first-order valence-electron chi connectivity index (χ1n) is 11.3. The lowest BCUT2D eigenvalue weighted by Crippen LogP contribution is -2.49. The number of carboxylic acids is 1. The van der Waals surface area contributed by atoms with Crippen LogP contribution in [0, 0.1) is 5.41 Å². The topological polar surface area (TPSA) is 91.3 Å². The molecule has 0 bridgehead atoms. The van der Waals surface area contributed by atoms with Crippen LogP contribution in [0.25, 0.3) is 21.3 Å². The maximum absolute atomic E-state index is 13.0. The van der Waals surface area contributed by atoms with E-state index in [2.05, 4.69) is 15.6 Å². The highest BCUT2D eigenvalue weighted by Crippen LogP contribution is 2.35. The summed E-state index contributed by atoms with van der Waals surface area (Å²) in [6.45, 7) is 5.23. The summed E-state index contributed by atoms with van der Waals surface area (Å²) in [5.74, 6) is -1.56. The number of amides is 1. The van der Waals surface area contributed by atoms with Gasteiger partial charge >= 0.3 is 12.1 Å². The highest BCUT2D eigenvalue weighted by Gasteiger charge is 2.33. The molecule has 3 aromatic carbocycles. The van der Waals surface area contributed by atoms with E-state index in [1.54, 1.807) is 45.0 Å². The van der Waals surface area contributed by atoms with Crippen molar-refractivity contribution < 1.29 is 27.9 Å². The van der Waals surface area contributed by atoms with E-state index in [1.807, 2.05) is 24.3 Å². The van der Waals surface area contributed by atoms with E-state index >= 15 is 0 Å². The third kappa shape index (κ3) is 6.08. The predicted octanol–water partition coefficient (Wildman–Crippen LogP) is 6.95. The van der Waals surface area contributed by atoms with Crippen molar-refractivity contribution in [3.05, 3.63) is 77.9 Å². The van der Waals surface area contributed by atoms with Gasteiger partial charge in [-0.05, 0) is 59.0 Å². The van der Waals surface area contributed by atoms with Crippen molar-refractivity contribution >= 4 is 44.2 Å². The number of anilines is 2. The van der Waals surface area contributed by atoms with E-state index in [4.69, 9.17) is 0 Å². The number of aromatic nitrogens is 1. The van der Waals surface area contributed by atoms with Gasteiger partial charge in [-0.25, -0.2) is 9.78 Å². The van der Waals surface area contributed by atoms with Crippen molar-refractivity contribution in [1.82, 2.24) is 10.3 Å². The Morgan fingerprint density at radius 3 is 2.05 bits per heavy atom. The minimum atomic E-state index is -4.41. The SMILES string of the molecule is CC(C)(C)[C@H](NC(=O)c1ccc(-c2ccc(Nc3nc4ccc(C(F)(F)F)cc4s3)cc2)cc1)C(=O)O. The maximum Gasteiger partial charge on any atom is 0.416 e. The quantitative estimate of drug-likeness (QED) is 0.252. The molecule has 0 aliphatic rings. The fraction of sp³-hybridized carbons (Fsp3) is 0.222. The molecule has 0 fully saturated rings. The van der Waals surface area contributed by atoms with Gasteiger partial charge in [-0.3, -0.25) is 4.79 Å². The number of nitrogens with one attached hydrogen (secondary N) is 2. The number of thiazole rings is 1. The Hall–Kier alpha value is -3.92. The first-order chi connectivity index (χ1) is 17.3. The summed E-state index contributed by atoms with van der Waals surface area (Å²) in [5, 5.41) is 15.6. The summed E-state index contributed by atoms with van der Waals surface area (Å²) in [6.07, 6.45) is -4.41. The standard InChI is InChI=1S/C27H24F3N3O3S/c1-26(2,3)22(24(35)36)33-23(34)17-6-4-15(5-7-17)16-8-11-19(12-9-16)31-25-32-20-13-10-18(27(28,29)30)14-21(20)37-25/h4-14,22H,1-3H3,(H,31,32)(H,33,34)(H,35,36)/t22-/m1/s1. The normalized spacial score (nSPS) is 12.8. The number of alkyl halides is 3. The molecule has 0 saturated heterocycles. The lowest BCUT2D eigenvalue weighted by Gasteiger charge is -2.27. The molecule has 4 aromatic rings. The van der Waals surface area contributed by atoms with Crippen molar-refractivity contribution in [2.75, 3.05) is 5.32 Å².